The quantitative estimate of drug-likeness (QED) is 0.775. The van der Waals surface area contributed by atoms with Crippen LogP contribution < -0.4 is 5.32 Å². The van der Waals surface area contributed by atoms with Gasteiger partial charge in [-0.3, -0.25) is 4.79 Å². The first-order valence-electron chi connectivity index (χ1n) is 4.83. The van der Waals surface area contributed by atoms with Crippen LogP contribution in [0.2, 0.25) is 5.02 Å². The summed E-state index contributed by atoms with van der Waals surface area (Å²) in [6.45, 7) is -0.522. The van der Waals surface area contributed by atoms with Gasteiger partial charge in [-0.05, 0) is 24.3 Å². The summed E-state index contributed by atoms with van der Waals surface area (Å²) in [4.78, 5) is 22.8. The Bertz CT molecular complexity index is 404. The first kappa shape index (κ1) is 13.5. The van der Waals surface area contributed by atoms with Gasteiger partial charge in [0.05, 0.1) is 13.7 Å². The molecule has 0 bridgehead atoms. The van der Waals surface area contributed by atoms with Gasteiger partial charge in [-0.15, -0.1) is 0 Å². The fourth-order valence-corrected chi connectivity index (χ4v) is 1.29. The van der Waals surface area contributed by atoms with Crippen LogP contribution in [-0.2, 0) is 9.53 Å². The van der Waals surface area contributed by atoms with Crippen molar-refractivity contribution < 1.29 is 19.4 Å². The van der Waals surface area contributed by atoms with Crippen LogP contribution in [0.3, 0.4) is 0 Å². The average Bonchev–Trinajstić information content (AvgIpc) is 2.35. The number of hydrogen-bond acceptors (Lipinski definition) is 4. The van der Waals surface area contributed by atoms with Crippen LogP contribution in [0.4, 0.5) is 0 Å². The molecule has 0 spiro atoms. The molecule has 5 nitrogen and oxygen atoms in total. The van der Waals surface area contributed by atoms with Crippen LogP contribution in [0, 0.1) is 0 Å². The molecular weight excluding hydrogens is 246 g/mol. The van der Waals surface area contributed by atoms with Gasteiger partial charge in [0.2, 0.25) is 0 Å². The van der Waals surface area contributed by atoms with E-state index in [4.69, 9.17) is 16.7 Å². The normalized spacial score (nSPS) is 11.7. The van der Waals surface area contributed by atoms with Crippen molar-refractivity contribution in [2.24, 2.45) is 0 Å². The van der Waals surface area contributed by atoms with Gasteiger partial charge in [0.25, 0.3) is 5.91 Å². The Kier molecular flexibility index (Phi) is 4.93. The number of amides is 1. The number of hydrogen-bond donors (Lipinski definition) is 2. The molecule has 1 rings (SSSR count). The number of aliphatic hydroxyl groups excluding tert-OH is 1. The zero-order valence-electron chi connectivity index (χ0n) is 9.14. The molecule has 0 aliphatic carbocycles. The molecule has 0 saturated carbocycles. The molecule has 6 heteroatoms. The molecule has 0 aromatic heterocycles. The minimum absolute atomic E-state index is 0.344. The molecule has 0 aliphatic rings. The van der Waals surface area contributed by atoms with E-state index in [1.807, 2.05) is 0 Å². The minimum atomic E-state index is -1.07. The Labute approximate surface area is 103 Å². The minimum Gasteiger partial charge on any atom is -0.467 e. The van der Waals surface area contributed by atoms with Gasteiger partial charge in [0.15, 0.2) is 6.04 Å². The van der Waals surface area contributed by atoms with E-state index in [1.54, 1.807) is 12.1 Å². The average molecular weight is 258 g/mol. The molecule has 1 unspecified atom stereocenters. The summed E-state index contributed by atoms with van der Waals surface area (Å²) >= 11 is 5.68. The number of benzene rings is 1. The van der Waals surface area contributed by atoms with E-state index in [0.29, 0.717) is 10.6 Å². The molecule has 1 aromatic rings. The van der Waals surface area contributed by atoms with Crippen LogP contribution in [0.1, 0.15) is 10.4 Å². The highest BCUT2D eigenvalue weighted by atomic mass is 35.5. The second kappa shape index (κ2) is 6.22. The lowest BCUT2D eigenvalue weighted by molar-refractivity contribution is -0.143. The maximum Gasteiger partial charge on any atom is 0.330 e. The molecule has 92 valence electrons. The molecule has 1 aromatic carbocycles. The van der Waals surface area contributed by atoms with Crippen molar-refractivity contribution in [2.45, 2.75) is 6.04 Å². The molecule has 0 aliphatic heterocycles. The summed E-state index contributed by atoms with van der Waals surface area (Å²) in [5.41, 5.74) is 0.344. The third kappa shape index (κ3) is 3.72. The van der Waals surface area contributed by atoms with Crippen molar-refractivity contribution in [1.29, 1.82) is 0 Å². The number of halogens is 1. The Morgan fingerprint density at radius 1 is 1.41 bits per heavy atom. The highest BCUT2D eigenvalue weighted by Crippen LogP contribution is 2.09. The Hall–Kier alpha value is -1.59. The van der Waals surface area contributed by atoms with Crippen LogP contribution in [0.25, 0.3) is 0 Å². The van der Waals surface area contributed by atoms with Crippen LogP contribution >= 0.6 is 11.6 Å². The molecule has 17 heavy (non-hydrogen) atoms. The number of rotatable bonds is 4. The van der Waals surface area contributed by atoms with E-state index in [9.17, 15) is 9.59 Å². The number of aliphatic hydroxyl groups is 1. The van der Waals surface area contributed by atoms with Crippen LogP contribution in [0.5, 0.6) is 0 Å². The second-order valence-corrected chi connectivity index (χ2v) is 3.68. The lowest BCUT2D eigenvalue weighted by atomic mass is 10.2. The Morgan fingerprint density at radius 3 is 2.47 bits per heavy atom. The summed E-state index contributed by atoms with van der Waals surface area (Å²) in [5, 5.41) is 11.8. The smallest absolute Gasteiger partial charge is 0.330 e. The molecule has 0 fully saturated rings. The van der Waals surface area contributed by atoms with Crippen molar-refractivity contribution in [2.75, 3.05) is 13.7 Å². The molecule has 2 N–H and O–H groups in total. The maximum atomic E-state index is 11.7. The predicted octanol–water partition coefficient (Wildman–Crippen LogP) is 0.604. The molecule has 1 amide bonds. The molecular formula is C11H12ClNO4. The van der Waals surface area contributed by atoms with E-state index in [2.05, 4.69) is 10.1 Å². The van der Waals surface area contributed by atoms with Crippen molar-refractivity contribution >= 4 is 23.5 Å². The second-order valence-electron chi connectivity index (χ2n) is 3.24. The number of carbonyl (C=O) groups is 2. The van der Waals surface area contributed by atoms with Gasteiger partial charge in [-0.25, -0.2) is 4.79 Å². The number of ether oxygens (including phenoxy) is 1. The van der Waals surface area contributed by atoms with Crippen molar-refractivity contribution in [3.05, 3.63) is 34.9 Å². The van der Waals surface area contributed by atoms with Gasteiger partial charge in [0, 0.05) is 10.6 Å². The van der Waals surface area contributed by atoms with Crippen LogP contribution in [-0.4, -0.2) is 36.7 Å². The summed E-state index contributed by atoms with van der Waals surface area (Å²) in [6.07, 6.45) is 0. The summed E-state index contributed by atoms with van der Waals surface area (Å²) < 4.78 is 4.42. The van der Waals surface area contributed by atoms with Crippen molar-refractivity contribution in [1.82, 2.24) is 5.32 Å². The number of methoxy groups -OCH3 is 1. The number of carbonyl (C=O) groups excluding carboxylic acids is 2. The maximum absolute atomic E-state index is 11.7. The van der Waals surface area contributed by atoms with E-state index >= 15 is 0 Å². The topological polar surface area (TPSA) is 75.6 Å². The highest BCUT2D eigenvalue weighted by Gasteiger charge is 2.20. The largest absolute Gasteiger partial charge is 0.467 e. The predicted molar refractivity (Wildman–Crippen MR) is 61.8 cm³/mol. The Balaban J connectivity index is 2.71. The number of esters is 1. The lowest BCUT2D eigenvalue weighted by Crippen LogP contribution is -2.44. The molecule has 0 saturated heterocycles. The molecule has 0 heterocycles. The standard InChI is InChI=1S/C11H12ClNO4/c1-17-11(16)9(6-14)13-10(15)7-2-4-8(12)5-3-7/h2-5,9,14H,6H2,1H3,(H,13,15). The van der Waals surface area contributed by atoms with Gasteiger partial charge in [-0.1, -0.05) is 11.6 Å². The van der Waals surface area contributed by atoms with Crippen molar-refractivity contribution in [3.8, 4) is 0 Å². The highest BCUT2D eigenvalue weighted by molar-refractivity contribution is 6.30. The van der Waals surface area contributed by atoms with Gasteiger partial charge in [0.1, 0.15) is 0 Å². The summed E-state index contributed by atoms with van der Waals surface area (Å²) in [7, 11) is 1.18. The SMILES string of the molecule is COC(=O)C(CO)NC(=O)c1ccc(Cl)cc1. The van der Waals surface area contributed by atoms with Gasteiger partial charge >= 0.3 is 5.97 Å². The molecule has 1 atom stereocenters. The van der Waals surface area contributed by atoms with Crippen molar-refractivity contribution in [3.63, 3.8) is 0 Å². The summed E-state index contributed by atoms with van der Waals surface area (Å²) in [6, 6.07) is 5.08. The Morgan fingerprint density at radius 2 is 2.00 bits per heavy atom. The van der Waals surface area contributed by atoms with E-state index in [1.165, 1.54) is 19.2 Å². The number of nitrogens with one attached hydrogen (secondary N) is 1. The van der Waals surface area contributed by atoms with E-state index in [0.717, 1.165) is 0 Å². The summed E-state index contributed by atoms with van der Waals surface area (Å²) in [5.74, 6) is -1.18. The first-order valence-corrected chi connectivity index (χ1v) is 5.21. The zero-order chi connectivity index (χ0) is 12.8. The molecule has 0 radical (unpaired) electrons. The zero-order valence-corrected chi connectivity index (χ0v) is 9.90. The third-order valence-electron chi connectivity index (χ3n) is 2.08. The lowest BCUT2D eigenvalue weighted by Gasteiger charge is -2.13. The van der Waals surface area contributed by atoms with E-state index in [-0.39, 0.29) is 0 Å². The fourth-order valence-electron chi connectivity index (χ4n) is 1.16. The van der Waals surface area contributed by atoms with Gasteiger partial charge < -0.3 is 15.2 Å². The van der Waals surface area contributed by atoms with Crippen LogP contribution in [0.15, 0.2) is 24.3 Å². The van der Waals surface area contributed by atoms with E-state index < -0.39 is 24.5 Å². The first-order chi connectivity index (χ1) is 8.08. The fraction of sp³-hybridized carbons (Fsp3) is 0.273. The third-order valence-corrected chi connectivity index (χ3v) is 2.33. The van der Waals surface area contributed by atoms with Gasteiger partial charge in [-0.2, -0.15) is 0 Å². The monoisotopic (exact) mass is 257 g/mol.